The SMILES string of the molecule is CNC[C@H]1CCCCN1CC1CC1. The number of piperidine rings is 1. The summed E-state index contributed by atoms with van der Waals surface area (Å²) in [6, 6.07) is 0.833. The van der Waals surface area contributed by atoms with Crippen molar-refractivity contribution in [2.45, 2.75) is 38.1 Å². The van der Waals surface area contributed by atoms with Gasteiger partial charge in [0.15, 0.2) is 0 Å². The summed E-state index contributed by atoms with van der Waals surface area (Å²) in [5, 5.41) is 3.32. The van der Waals surface area contributed by atoms with Crippen LogP contribution in [0.15, 0.2) is 0 Å². The van der Waals surface area contributed by atoms with Crippen LogP contribution in [-0.2, 0) is 0 Å². The first-order valence-corrected chi connectivity index (χ1v) is 5.79. The molecule has 13 heavy (non-hydrogen) atoms. The molecule has 0 aromatic heterocycles. The molecule has 0 aromatic carbocycles. The Kier molecular flexibility index (Phi) is 3.23. The first-order valence-electron chi connectivity index (χ1n) is 5.79. The molecule has 2 fully saturated rings. The molecule has 0 bridgehead atoms. The lowest BCUT2D eigenvalue weighted by molar-refractivity contribution is 0.141. The van der Waals surface area contributed by atoms with Crippen molar-refractivity contribution >= 4 is 0 Å². The van der Waals surface area contributed by atoms with Crippen LogP contribution in [0.1, 0.15) is 32.1 Å². The monoisotopic (exact) mass is 182 g/mol. The molecule has 1 aliphatic heterocycles. The number of nitrogens with zero attached hydrogens (tertiary/aromatic N) is 1. The summed E-state index contributed by atoms with van der Waals surface area (Å²) in [5.74, 6) is 1.05. The van der Waals surface area contributed by atoms with Crippen LogP contribution in [0.4, 0.5) is 0 Å². The molecule has 2 aliphatic rings. The van der Waals surface area contributed by atoms with Crippen LogP contribution in [0.2, 0.25) is 0 Å². The average Bonchev–Trinajstić information content (AvgIpc) is 2.93. The molecule has 76 valence electrons. The summed E-state index contributed by atoms with van der Waals surface area (Å²) in [5.41, 5.74) is 0. The van der Waals surface area contributed by atoms with Crippen LogP contribution in [0.25, 0.3) is 0 Å². The van der Waals surface area contributed by atoms with Gasteiger partial charge in [-0.2, -0.15) is 0 Å². The number of hydrogen-bond donors (Lipinski definition) is 1. The number of likely N-dealkylation sites (N-methyl/N-ethyl adjacent to an activating group) is 1. The van der Waals surface area contributed by atoms with Crippen LogP contribution in [0.5, 0.6) is 0 Å². The largest absolute Gasteiger partial charge is 0.318 e. The molecule has 1 heterocycles. The Morgan fingerprint density at radius 1 is 1.23 bits per heavy atom. The van der Waals surface area contributed by atoms with E-state index in [1.165, 1.54) is 51.7 Å². The van der Waals surface area contributed by atoms with Crippen LogP contribution in [-0.4, -0.2) is 37.6 Å². The van der Waals surface area contributed by atoms with Gasteiger partial charge in [-0.05, 0) is 45.2 Å². The lowest BCUT2D eigenvalue weighted by atomic mass is 10.0. The van der Waals surface area contributed by atoms with Gasteiger partial charge in [0.25, 0.3) is 0 Å². The highest BCUT2D eigenvalue weighted by Crippen LogP contribution is 2.31. The van der Waals surface area contributed by atoms with E-state index in [0.717, 1.165) is 12.0 Å². The number of nitrogens with one attached hydrogen (secondary N) is 1. The topological polar surface area (TPSA) is 15.3 Å². The van der Waals surface area contributed by atoms with Gasteiger partial charge in [-0.25, -0.2) is 0 Å². The summed E-state index contributed by atoms with van der Waals surface area (Å²) in [6.45, 7) is 3.92. The van der Waals surface area contributed by atoms with Crippen LogP contribution in [0, 0.1) is 5.92 Å². The van der Waals surface area contributed by atoms with Crippen molar-refractivity contribution < 1.29 is 0 Å². The molecule has 2 rings (SSSR count). The zero-order valence-corrected chi connectivity index (χ0v) is 8.76. The first-order chi connectivity index (χ1) is 6.40. The Labute approximate surface area is 81.7 Å². The van der Waals surface area contributed by atoms with Crippen LogP contribution < -0.4 is 5.32 Å². The van der Waals surface area contributed by atoms with Crippen molar-refractivity contribution in [2.24, 2.45) is 5.92 Å². The van der Waals surface area contributed by atoms with E-state index >= 15 is 0 Å². The molecule has 0 aromatic rings. The zero-order chi connectivity index (χ0) is 9.10. The van der Waals surface area contributed by atoms with Gasteiger partial charge in [-0.3, -0.25) is 4.90 Å². The normalized spacial score (nSPS) is 30.7. The molecule has 0 spiro atoms. The Balaban J connectivity index is 1.79. The predicted molar refractivity (Wildman–Crippen MR) is 55.9 cm³/mol. The molecule has 0 radical (unpaired) electrons. The molecule has 1 N–H and O–H groups in total. The fourth-order valence-corrected chi connectivity index (χ4v) is 2.40. The van der Waals surface area contributed by atoms with E-state index in [1.54, 1.807) is 0 Å². The van der Waals surface area contributed by atoms with Gasteiger partial charge in [0.1, 0.15) is 0 Å². The second-order valence-corrected chi connectivity index (χ2v) is 4.65. The predicted octanol–water partition coefficient (Wildman–Crippen LogP) is 1.47. The van der Waals surface area contributed by atoms with Crippen molar-refractivity contribution in [3.63, 3.8) is 0 Å². The van der Waals surface area contributed by atoms with Crippen molar-refractivity contribution in [2.75, 3.05) is 26.7 Å². The highest BCUT2D eigenvalue weighted by atomic mass is 15.2. The van der Waals surface area contributed by atoms with Gasteiger partial charge in [-0.15, -0.1) is 0 Å². The maximum Gasteiger partial charge on any atom is 0.0220 e. The third-order valence-electron chi connectivity index (χ3n) is 3.38. The average molecular weight is 182 g/mol. The molecule has 1 saturated heterocycles. The molecule has 0 unspecified atom stereocenters. The second-order valence-electron chi connectivity index (χ2n) is 4.65. The highest BCUT2D eigenvalue weighted by molar-refractivity contribution is 4.84. The first kappa shape index (κ1) is 9.47. The molecule has 1 atom stereocenters. The van der Waals surface area contributed by atoms with E-state index in [-0.39, 0.29) is 0 Å². The molecule has 1 saturated carbocycles. The summed E-state index contributed by atoms with van der Waals surface area (Å²) in [4.78, 5) is 2.72. The van der Waals surface area contributed by atoms with E-state index in [2.05, 4.69) is 17.3 Å². The minimum absolute atomic E-state index is 0.833. The lowest BCUT2D eigenvalue weighted by Gasteiger charge is -2.35. The van der Waals surface area contributed by atoms with E-state index in [0.29, 0.717) is 0 Å². The zero-order valence-electron chi connectivity index (χ0n) is 8.76. The van der Waals surface area contributed by atoms with Crippen LogP contribution in [0.3, 0.4) is 0 Å². The van der Waals surface area contributed by atoms with E-state index in [1.807, 2.05) is 0 Å². The summed E-state index contributed by atoms with van der Waals surface area (Å²) >= 11 is 0. The fourth-order valence-electron chi connectivity index (χ4n) is 2.40. The Morgan fingerprint density at radius 3 is 2.77 bits per heavy atom. The quantitative estimate of drug-likeness (QED) is 0.708. The van der Waals surface area contributed by atoms with Crippen LogP contribution >= 0.6 is 0 Å². The van der Waals surface area contributed by atoms with Crippen molar-refractivity contribution in [3.8, 4) is 0 Å². The van der Waals surface area contributed by atoms with Gasteiger partial charge < -0.3 is 5.32 Å². The fraction of sp³-hybridized carbons (Fsp3) is 1.00. The Hall–Kier alpha value is -0.0800. The van der Waals surface area contributed by atoms with Gasteiger partial charge in [0.05, 0.1) is 0 Å². The third-order valence-corrected chi connectivity index (χ3v) is 3.38. The summed E-state index contributed by atoms with van der Waals surface area (Å²) < 4.78 is 0. The van der Waals surface area contributed by atoms with Gasteiger partial charge in [0.2, 0.25) is 0 Å². The molecule has 2 heteroatoms. The van der Waals surface area contributed by atoms with Gasteiger partial charge in [-0.1, -0.05) is 6.42 Å². The second kappa shape index (κ2) is 4.43. The Bertz CT molecular complexity index is 152. The third kappa shape index (κ3) is 2.68. The minimum Gasteiger partial charge on any atom is -0.318 e. The van der Waals surface area contributed by atoms with E-state index in [4.69, 9.17) is 0 Å². The lowest BCUT2D eigenvalue weighted by Crippen LogP contribution is -2.45. The van der Waals surface area contributed by atoms with Crippen molar-refractivity contribution in [3.05, 3.63) is 0 Å². The van der Waals surface area contributed by atoms with E-state index in [9.17, 15) is 0 Å². The van der Waals surface area contributed by atoms with Gasteiger partial charge >= 0.3 is 0 Å². The summed E-state index contributed by atoms with van der Waals surface area (Å²) in [7, 11) is 2.07. The number of rotatable bonds is 4. The standard InChI is InChI=1S/C11H22N2/c1-12-8-11-4-2-3-7-13(11)9-10-5-6-10/h10-12H,2-9H2,1H3/t11-/m1/s1. The molecule has 0 amide bonds. The number of likely N-dealkylation sites (tertiary alicyclic amines) is 1. The number of hydrogen-bond acceptors (Lipinski definition) is 2. The maximum atomic E-state index is 3.32. The molecule has 2 nitrogen and oxygen atoms in total. The van der Waals surface area contributed by atoms with Gasteiger partial charge in [0, 0.05) is 19.1 Å². The maximum absolute atomic E-state index is 3.32. The molecular weight excluding hydrogens is 160 g/mol. The smallest absolute Gasteiger partial charge is 0.0220 e. The summed E-state index contributed by atoms with van der Waals surface area (Å²) in [6.07, 6.45) is 7.25. The van der Waals surface area contributed by atoms with Crippen molar-refractivity contribution in [1.82, 2.24) is 10.2 Å². The van der Waals surface area contributed by atoms with Crippen molar-refractivity contribution in [1.29, 1.82) is 0 Å². The minimum atomic E-state index is 0.833. The van der Waals surface area contributed by atoms with E-state index < -0.39 is 0 Å². The molecular formula is C11H22N2. The molecule has 1 aliphatic carbocycles. The Morgan fingerprint density at radius 2 is 2.08 bits per heavy atom. The highest BCUT2D eigenvalue weighted by Gasteiger charge is 2.29.